The zero-order valence-electron chi connectivity index (χ0n) is 16.9. The average Bonchev–Trinajstić information content (AvgIpc) is 2.75. The van der Waals surface area contributed by atoms with Crippen molar-refractivity contribution >= 4 is 22.1 Å². The third kappa shape index (κ3) is 3.03. The molecule has 0 aliphatic heterocycles. The second-order valence-electron chi connectivity index (χ2n) is 8.21. The van der Waals surface area contributed by atoms with E-state index in [1.807, 2.05) is 0 Å². The molecular weight excluding hydrogens is 350 g/mol. The maximum Gasteiger partial charge on any atom is 0.0537 e. The van der Waals surface area contributed by atoms with Crippen LogP contribution in [0.5, 0.6) is 0 Å². The predicted octanol–water partition coefficient (Wildman–Crippen LogP) is 7.49. The zero-order chi connectivity index (χ0) is 19.8. The van der Waals surface area contributed by atoms with E-state index in [4.69, 9.17) is 0 Å². The number of rotatable bonds is 3. The molecule has 2 aliphatic rings. The fourth-order valence-corrected chi connectivity index (χ4v) is 4.52. The van der Waals surface area contributed by atoms with Crippen molar-refractivity contribution in [2.75, 3.05) is 4.90 Å². The molecule has 1 nitrogen and oxygen atoms in total. The number of benzene rings is 3. The van der Waals surface area contributed by atoms with Crippen LogP contribution in [0.25, 0.3) is 10.8 Å². The highest BCUT2D eigenvalue weighted by Gasteiger charge is 2.36. The molecule has 0 fully saturated rings. The van der Waals surface area contributed by atoms with Gasteiger partial charge < -0.3 is 4.90 Å². The Labute approximate surface area is 173 Å². The fourth-order valence-electron chi connectivity index (χ4n) is 4.52. The van der Waals surface area contributed by atoms with E-state index >= 15 is 0 Å². The molecule has 0 amide bonds. The van der Waals surface area contributed by atoms with E-state index in [-0.39, 0.29) is 11.3 Å². The molecule has 0 N–H and O–H groups in total. The minimum absolute atomic E-state index is 0.00758. The van der Waals surface area contributed by atoms with E-state index in [9.17, 15) is 0 Å². The minimum Gasteiger partial charge on any atom is -0.313 e. The molecule has 0 radical (unpaired) electrons. The van der Waals surface area contributed by atoms with Crippen molar-refractivity contribution < 1.29 is 0 Å². The van der Waals surface area contributed by atoms with Crippen LogP contribution in [-0.2, 0) is 0 Å². The summed E-state index contributed by atoms with van der Waals surface area (Å²) in [4.78, 5) is 2.44. The van der Waals surface area contributed by atoms with Gasteiger partial charge in [-0.25, -0.2) is 0 Å². The van der Waals surface area contributed by atoms with Crippen LogP contribution in [0, 0.1) is 18.3 Å². The second-order valence-corrected chi connectivity index (χ2v) is 8.21. The van der Waals surface area contributed by atoms with Crippen LogP contribution in [-0.4, -0.2) is 0 Å². The van der Waals surface area contributed by atoms with Crippen molar-refractivity contribution in [3.8, 4) is 0 Å². The molecule has 0 heterocycles. The molecule has 3 aromatic rings. The molecule has 0 aromatic heterocycles. The SMILES string of the molecule is Cc1ccc(N(C2=CC=CC3(C)C=CC=CC23)c2cccc3ccccc23)cc1. The first-order valence-electron chi connectivity index (χ1n) is 10.3. The summed E-state index contributed by atoms with van der Waals surface area (Å²) in [6.45, 7) is 4.46. The van der Waals surface area contributed by atoms with Gasteiger partial charge >= 0.3 is 0 Å². The summed E-state index contributed by atoms with van der Waals surface area (Å²) in [6, 6.07) is 24.1. The van der Waals surface area contributed by atoms with Crippen LogP contribution in [0.15, 0.2) is 115 Å². The van der Waals surface area contributed by atoms with Gasteiger partial charge in [0.2, 0.25) is 0 Å². The summed E-state index contributed by atoms with van der Waals surface area (Å²) in [5, 5.41) is 2.53. The summed E-state index contributed by atoms with van der Waals surface area (Å²) >= 11 is 0. The lowest BCUT2D eigenvalue weighted by Gasteiger charge is -2.41. The molecule has 3 aromatic carbocycles. The molecule has 29 heavy (non-hydrogen) atoms. The van der Waals surface area contributed by atoms with E-state index in [0.29, 0.717) is 0 Å². The smallest absolute Gasteiger partial charge is 0.0537 e. The normalized spacial score (nSPS) is 22.4. The van der Waals surface area contributed by atoms with Gasteiger partial charge in [0.1, 0.15) is 0 Å². The molecule has 2 unspecified atom stereocenters. The van der Waals surface area contributed by atoms with Gasteiger partial charge in [0.05, 0.1) is 5.69 Å². The van der Waals surface area contributed by atoms with Crippen LogP contribution in [0.3, 0.4) is 0 Å². The van der Waals surface area contributed by atoms with Crippen LogP contribution >= 0.6 is 0 Å². The van der Waals surface area contributed by atoms with Gasteiger partial charge in [0, 0.05) is 28.1 Å². The third-order valence-corrected chi connectivity index (χ3v) is 6.14. The lowest BCUT2D eigenvalue weighted by molar-refractivity contribution is 0.428. The van der Waals surface area contributed by atoms with E-state index in [2.05, 4.69) is 128 Å². The van der Waals surface area contributed by atoms with Crippen LogP contribution in [0.1, 0.15) is 12.5 Å². The lowest BCUT2D eigenvalue weighted by Crippen LogP contribution is -2.33. The summed E-state index contributed by atoms with van der Waals surface area (Å²) in [7, 11) is 0. The number of allylic oxidation sites excluding steroid dienone is 7. The Morgan fingerprint density at radius 2 is 1.55 bits per heavy atom. The van der Waals surface area contributed by atoms with Gasteiger partial charge in [-0.05, 0) is 36.6 Å². The van der Waals surface area contributed by atoms with Crippen LogP contribution in [0.4, 0.5) is 11.4 Å². The molecule has 0 spiro atoms. The number of nitrogens with zero attached hydrogens (tertiary/aromatic N) is 1. The molecule has 1 heteroatoms. The van der Waals surface area contributed by atoms with Gasteiger partial charge in [-0.1, -0.05) is 97.5 Å². The zero-order valence-corrected chi connectivity index (χ0v) is 16.9. The largest absolute Gasteiger partial charge is 0.313 e. The highest BCUT2D eigenvalue weighted by Crippen LogP contribution is 2.47. The maximum absolute atomic E-state index is 2.44. The number of fused-ring (bicyclic) bond motifs is 2. The fraction of sp³-hybridized carbons (Fsp3) is 0.143. The first kappa shape index (κ1) is 17.8. The molecule has 2 aliphatic carbocycles. The van der Waals surface area contributed by atoms with Gasteiger partial charge in [-0.15, -0.1) is 0 Å². The minimum atomic E-state index is -0.00758. The average molecular weight is 376 g/mol. The predicted molar refractivity (Wildman–Crippen MR) is 124 cm³/mol. The second kappa shape index (κ2) is 6.93. The highest BCUT2D eigenvalue weighted by atomic mass is 15.2. The Morgan fingerprint density at radius 3 is 2.41 bits per heavy atom. The Bertz CT molecular complexity index is 1170. The van der Waals surface area contributed by atoms with E-state index < -0.39 is 0 Å². The first-order valence-corrected chi connectivity index (χ1v) is 10.3. The van der Waals surface area contributed by atoms with Crippen molar-refractivity contribution in [2.24, 2.45) is 11.3 Å². The van der Waals surface area contributed by atoms with Crippen LogP contribution in [0.2, 0.25) is 0 Å². The Hall–Kier alpha value is -3.32. The van der Waals surface area contributed by atoms with E-state index in [1.54, 1.807) is 0 Å². The van der Waals surface area contributed by atoms with Crippen molar-refractivity contribution in [1.29, 1.82) is 0 Å². The third-order valence-electron chi connectivity index (χ3n) is 6.14. The van der Waals surface area contributed by atoms with Crippen molar-refractivity contribution in [3.63, 3.8) is 0 Å². The lowest BCUT2D eigenvalue weighted by atomic mass is 9.70. The standard InChI is InChI=1S/C28H25N/c1-21-15-17-23(18-16-21)29(26-13-7-10-22-9-3-4-11-24(22)26)27-14-8-20-28(2)19-6-5-12-25(27)28/h3-20,25H,1-2H3. The molecule has 0 bridgehead atoms. The summed E-state index contributed by atoms with van der Waals surface area (Å²) < 4.78 is 0. The van der Waals surface area contributed by atoms with Gasteiger partial charge in [-0.3, -0.25) is 0 Å². The van der Waals surface area contributed by atoms with E-state index in [1.165, 1.54) is 33.4 Å². The van der Waals surface area contributed by atoms with Gasteiger partial charge in [0.15, 0.2) is 0 Å². The topological polar surface area (TPSA) is 3.24 Å². The maximum atomic E-state index is 2.44. The summed E-state index contributed by atoms with van der Waals surface area (Å²) in [6.07, 6.45) is 15.8. The Balaban J connectivity index is 1.75. The van der Waals surface area contributed by atoms with Crippen molar-refractivity contribution in [1.82, 2.24) is 0 Å². The van der Waals surface area contributed by atoms with Crippen molar-refractivity contribution in [2.45, 2.75) is 13.8 Å². The number of hydrogen-bond acceptors (Lipinski definition) is 1. The Kier molecular flexibility index (Phi) is 4.24. The number of anilines is 2. The quantitative estimate of drug-likeness (QED) is 0.458. The first-order chi connectivity index (χ1) is 14.2. The summed E-state index contributed by atoms with van der Waals surface area (Å²) in [5.74, 6) is 0.290. The highest BCUT2D eigenvalue weighted by molar-refractivity contribution is 5.97. The summed E-state index contributed by atoms with van der Waals surface area (Å²) in [5.41, 5.74) is 4.98. The molecule has 5 rings (SSSR count). The molecule has 2 atom stereocenters. The van der Waals surface area contributed by atoms with Gasteiger partial charge in [0.25, 0.3) is 0 Å². The number of hydrogen-bond donors (Lipinski definition) is 0. The Morgan fingerprint density at radius 1 is 0.793 bits per heavy atom. The molecule has 0 saturated heterocycles. The van der Waals surface area contributed by atoms with Crippen molar-refractivity contribution in [3.05, 3.63) is 121 Å². The van der Waals surface area contributed by atoms with Gasteiger partial charge in [-0.2, -0.15) is 0 Å². The van der Waals surface area contributed by atoms with E-state index in [0.717, 1.165) is 0 Å². The molecular formula is C28H25N. The molecule has 0 saturated carbocycles. The molecule has 142 valence electrons. The number of aryl methyl sites for hydroxylation is 1. The monoisotopic (exact) mass is 375 g/mol. The van der Waals surface area contributed by atoms with Crippen LogP contribution < -0.4 is 4.90 Å².